The number of hydrogen-bond acceptors (Lipinski definition) is 6. The van der Waals surface area contributed by atoms with E-state index in [9.17, 15) is 35.2 Å². The number of aromatic nitrogens is 2. The SMILES string of the molecule is CON(C)C(=O)[C@@]1(Cc2cc(-c3ncccn3)ccc2F)C[C@H](F)[C@H](NS(=O)(=O)C(F)(F)F)C1. The highest BCUT2D eigenvalue weighted by Gasteiger charge is 2.56. The molecule has 3 atom stereocenters. The maximum atomic E-state index is 14.9. The van der Waals surface area contributed by atoms with E-state index in [1.54, 1.807) is 6.07 Å². The van der Waals surface area contributed by atoms with Gasteiger partial charge in [0.1, 0.15) is 12.0 Å². The zero-order valence-corrected chi connectivity index (χ0v) is 18.8. The van der Waals surface area contributed by atoms with Crippen molar-refractivity contribution in [2.75, 3.05) is 14.2 Å². The van der Waals surface area contributed by atoms with Gasteiger partial charge in [0.05, 0.1) is 18.6 Å². The Kier molecular flexibility index (Phi) is 7.24. The van der Waals surface area contributed by atoms with Crippen molar-refractivity contribution in [1.29, 1.82) is 0 Å². The van der Waals surface area contributed by atoms with Crippen LogP contribution in [-0.2, 0) is 26.1 Å². The van der Waals surface area contributed by atoms with Gasteiger partial charge in [-0.1, -0.05) is 0 Å². The molecule has 8 nitrogen and oxygen atoms in total. The molecule has 34 heavy (non-hydrogen) atoms. The summed E-state index contributed by atoms with van der Waals surface area (Å²) in [7, 11) is -3.53. The number of hydrogen-bond donors (Lipinski definition) is 1. The quantitative estimate of drug-likeness (QED) is 0.456. The number of alkyl halides is 4. The van der Waals surface area contributed by atoms with Crippen LogP contribution in [0.15, 0.2) is 36.7 Å². The third-order valence-electron chi connectivity index (χ3n) is 5.66. The van der Waals surface area contributed by atoms with E-state index in [1.165, 1.54) is 36.3 Å². The first kappa shape index (κ1) is 25.9. The van der Waals surface area contributed by atoms with E-state index >= 15 is 0 Å². The zero-order valence-electron chi connectivity index (χ0n) is 18.0. The third kappa shape index (κ3) is 5.18. The summed E-state index contributed by atoms with van der Waals surface area (Å²) in [5.74, 6) is -1.34. The first-order chi connectivity index (χ1) is 15.8. The molecule has 1 fully saturated rings. The molecule has 2 aromatic rings. The minimum Gasteiger partial charge on any atom is -0.275 e. The first-order valence-electron chi connectivity index (χ1n) is 9.90. The predicted molar refractivity (Wildman–Crippen MR) is 109 cm³/mol. The lowest BCUT2D eigenvalue weighted by molar-refractivity contribution is -0.180. The number of amides is 1. The summed E-state index contributed by atoms with van der Waals surface area (Å²) in [5.41, 5.74) is -7.11. The molecule has 0 unspecified atom stereocenters. The molecule has 1 aromatic heterocycles. The number of nitrogens with zero attached hydrogens (tertiary/aromatic N) is 3. The Morgan fingerprint density at radius 3 is 2.50 bits per heavy atom. The predicted octanol–water partition coefficient (Wildman–Crippen LogP) is 2.77. The first-order valence-corrected chi connectivity index (χ1v) is 11.4. The van der Waals surface area contributed by atoms with Crippen LogP contribution in [0.2, 0.25) is 0 Å². The molecule has 1 saturated carbocycles. The van der Waals surface area contributed by atoms with Crippen molar-refractivity contribution in [3.05, 3.63) is 48.0 Å². The Morgan fingerprint density at radius 2 is 1.91 bits per heavy atom. The lowest BCUT2D eigenvalue weighted by Crippen LogP contribution is -2.46. The number of rotatable bonds is 7. The van der Waals surface area contributed by atoms with E-state index in [1.807, 2.05) is 0 Å². The molecule has 1 N–H and O–H groups in total. The summed E-state index contributed by atoms with van der Waals surface area (Å²) in [6, 6.07) is 3.57. The van der Waals surface area contributed by atoms with Gasteiger partial charge in [-0.05, 0) is 49.1 Å². The minimum absolute atomic E-state index is 0.0469. The van der Waals surface area contributed by atoms with Crippen molar-refractivity contribution < 1.29 is 40.0 Å². The van der Waals surface area contributed by atoms with Gasteiger partial charge in [-0.25, -0.2) is 37.0 Å². The van der Waals surface area contributed by atoms with Crippen molar-refractivity contribution in [1.82, 2.24) is 19.8 Å². The molecule has 1 heterocycles. The number of halogens is 5. The van der Waals surface area contributed by atoms with Crippen molar-refractivity contribution >= 4 is 15.9 Å². The summed E-state index contributed by atoms with van der Waals surface area (Å²) < 4.78 is 92.4. The monoisotopic (exact) mass is 508 g/mol. The van der Waals surface area contributed by atoms with Crippen molar-refractivity contribution in [2.24, 2.45) is 5.41 Å². The Morgan fingerprint density at radius 1 is 1.26 bits per heavy atom. The second-order valence-corrected chi connectivity index (χ2v) is 9.62. The van der Waals surface area contributed by atoms with E-state index in [-0.39, 0.29) is 11.4 Å². The number of carbonyl (C=O) groups is 1. The van der Waals surface area contributed by atoms with E-state index in [0.29, 0.717) is 5.56 Å². The van der Waals surface area contributed by atoms with Gasteiger partial charge in [0.15, 0.2) is 5.82 Å². The Labute approximate surface area is 192 Å². The maximum Gasteiger partial charge on any atom is 0.511 e. The molecule has 0 saturated heterocycles. The number of carbonyl (C=O) groups excluding carboxylic acids is 1. The molecule has 186 valence electrons. The minimum atomic E-state index is -5.88. The molecule has 3 rings (SSSR count). The van der Waals surface area contributed by atoms with Crippen molar-refractivity contribution in [3.63, 3.8) is 0 Å². The molecular weight excluding hydrogens is 487 g/mol. The van der Waals surface area contributed by atoms with E-state index in [4.69, 9.17) is 4.84 Å². The van der Waals surface area contributed by atoms with Crippen LogP contribution in [0, 0.1) is 11.2 Å². The van der Waals surface area contributed by atoms with E-state index in [0.717, 1.165) is 18.2 Å². The van der Waals surface area contributed by atoms with Crippen LogP contribution in [0.25, 0.3) is 11.4 Å². The molecule has 0 radical (unpaired) electrons. The molecule has 1 aliphatic rings. The second kappa shape index (κ2) is 9.50. The van der Waals surface area contributed by atoms with E-state index < -0.39 is 64.1 Å². The average molecular weight is 508 g/mol. The summed E-state index contributed by atoms with van der Waals surface area (Å²) in [6.07, 6.45) is -0.957. The molecule has 0 spiro atoms. The number of benzene rings is 1. The van der Waals surface area contributed by atoms with Crippen LogP contribution < -0.4 is 4.72 Å². The van der Waals surface area contributed by atoms with Crippen LogP contribution >= 0.6 is 0 Å². The summed E-state index contributed by atoms with van der Waals surface area (Å²) in [5, 5.41) is 0.745. The zero-order chi connectivity index (χ0) is 25.3. The average Bonchev–Trinajstić information content (AvgIpc) is 3.09. The summed E-state index contributed by atoms with van der Waals surface area (Å²) in [4.78, 5) is 26.1. The fourth-order valence-electron chi connectivity index (χ4n) is 4.00. The molecule has 1 aliphatic carbocycles. The van der Waals surface area contributed by atoms with Crippen LogP contribution in [0.3, 0.4) is 0 Å². The highest BCUT2D eigenvalue weighted by molar-refractivity contribution is 7.90. The van der Waals surface area contributed by atoms with Crippen LogP contribution in [0.5, 0.6) is 0 Å². The van der Waals surface area contributed by atoms with Gasteiger partial charge >= 0.3 is 15.5 Å². The van der Waals surface area contributed by atoms with Gasteiger partial charge in [0.2, 0.25) is 0 Å². The van der Waals surface area contributed by atoms with Gasteiger partial charge in [-0.2, -0.15) is 13.2 Å². The Bertz CT molecular complexity index is 1150. The topological polar surface area (TPSA) is 101 Å². The van der Waals surface area contributed by atoms with Crippen LogP contribution in [-0.4, -0.2) is 61.2 Å². The van der Waals surface area contributed by atoms with Gasteiger partial charge in [0, 0.05) is 25.0 Å². The molecule has 0 bridgehead atoms. The highest BCUT2D eigenvalue weighted by Crippen LogP contribution is 2.45. The smallest absolute Gasteiger partial charge is 0.275 e. The molecule has 1 aromatic carbocycles. The Hall–Kier alpha value is -2.71. The van der Waals surface area contributed by atoms with Gasteiger partial charge in [0.25, 0.3) is 5.91 Å². The second-order valence-electron chi connectivity index (χ2n) is 7.92. The summed E-state index contributed by atoms with van der Waals surface area (Å²) >= 11 is 0. The maximum absolute atomic E-state index is 14.9. The number of sulfonamides is 1. The lowest BCUT2D eigenvalue weighted by Gasteiger charge is -2.31. The standard InChI is InChI=1S/C20H21F5N4O4S/c1-29(33-2)18(30)19(10-15(22)16(11-19)28-34(31,32)20(23,24)25)9-13-8-12(4-5-14(13)21)17-26-6-3-7-27-17/h3-8,15-16,28H,9-11H2,1-2H3/t15-,16+,19-/m0/s1. The molecular formula is C20H21F5N4O4S. The van der Waals surface area contributed by atoms with Gasteiger partial charge in [-0.15, -0.1) is 0 Å². The molecule has 0 aliphatic heterocycles. The van der Waals surface area contributed by atoms with Gasteiger partial charge < -0.3 is 0 Å². The van der Waals surface area contributed by atoms with Crippen molar-refractivity contribution in [3.8, 4) is 11.4 Å². The highest BCUT2D eigenvalue weighted by atomic mass is 32.2. The normalized spacial score (nSPS) is 23.1. The lowest BCUT2D eigenvalue weighted by atomic mass is 9.78. The van der Waals surface area contributed by atoms with E-state index in [2.05, 4.69) is 9.97 Å². The fourth-order valence-corrected chi connectivity index (χ4v) is 4.77. The largest absolute Gasteiger partial charge is 0.511 e. The van der Waals surface area contributed by atoms with Crippen molar-refractivity contribution in [2.45, 2.75) is 37.0 Å². The van der Waals surface area contributed by atoms with Gasteiger partial charge in [-0.3, -0.25) is 9.63 Å². The number of nitrogens with one attached hydrogen (secondary N) is 1. The molecule has 14 heteroatoms. The van der Waals surface area contributed by atoms with Crippen LogP contribution in [0.1, 0.15) is 18.4 Å². The fraction of sp³-hybridized carbons (Fsp3) is 0.450. The summed E-state index contributed by atoms with van der Waals surface area (Å²) in [6.45, 7) is 0. The number of hydroxylamine groups is 2. The Balaban J connectivity index is 1.99. The third-order valence-corrected chi connectivity index (χ3v) is 6.88. The molecule has 1 amide bonds. The van der Waals surface area contributed by atoms with Crippen LogP contribution in [0.4, 0.5) is 22.0 Å².